The molecule has 0 aromatic heterocycles. The molecule has 0 aliphatic carbocycles. The van der Waals surface area contributed by atoms with Crippen molar-refractivity contribution in [2.75, 3.05) is 32.8 Å². The van der Waals surface area contributed by atoms with E-state index in [4.69, 9.17) is 5.11 Å². The van der Waals surface area contributed by atoms with E-state index in [0.29, 0.717) is 18.6 Å². The van der Waals surface area contributed by atoms with Gasteiger partial charge in [-0.1, -0.05) is 37.3 Å². The third-order valence-electron chi connectivity index (χ3n) is 4.92. The second kappa shape index (κ2) is 10.4. The molecule has 0 bridgehead atoms. The van der Waals surface area contributed by atoms with E-state index in [1.54, 1.807) is 0 Å². The third-order valence-corrected chi connectivity index (χ3v) is 4.92. The summed E-state index contributed by atoms with van der Waals surface area (Å²) < 4.78 is 0. The summed E-state index contributed by atoms with van der Waals surface area (Å²) in [5.74, 6) is 1.07. The molecule has 2 atom stereocenters. The van der Waals surface area contributed by atoms with E-state index in [1.165, 1.54) is 5.56 Å². The molecular weight excluding hydrogens is 312 g/mol. The van der Waals surface area contributed by atoms with Crippen LogP contribution in [0.2, 0.25) is 0 Å². The Morgan fingerprint density at radius 1 is 1.24 bits per heavy atom. The maximum absolute atomic E-state index is 9.16. The minimum absolute atomic E-state index is 0.179. The summed E-state index contributed by atoms with van der Waals surface area (Å²) >= 11 is 0. The van der Waals surface area contributed by atoms with Crippen LogP contribution >= 0.6 is 0 Å². The van der Waals surface area contributed by atoms with Gasteiger partial charge in [-0.3, -0.25) is 9.89 Å². The van der Waals surface area contributed by atoms with Crippen molar-refractivity contribution in [2.24, 2.45) is 10.9 Å². The molecular formula is C20H34N4O. The highest BCUT2D eigenvalue weighted by Gasteiger charge is 2.24. The number of nitrogens with zero attached hydrogens (tertiary/aromatic N) is 2. The number of piperidine rings is 1. The van der Waals surface area contributed by atoms with Gasteiger partial charge in [-0.25, -0.2) is 0 Å². The van der Waals surface area contributed by atoms with Crippen LogP contribution in [-0.2, 0) is 0 Å². The van der Waals surface area contributed by atoms with Crippen LogP contribution in [0.1, 0.15) is 45.2 Å². The predicted molar refractivity (Wildman–Crippen MR) is 105 cm³/mol. The van der Waals surface area contributed by atoms with Crippen LogP contribution in [0.15, 0.2) is 35.3 Å². The van der Waals surface area contributed by atoms with Gasteiger partial charge in [0.25, 0.3) is 0 Å². The van der Waals surface area contributed by atoms with Gasteiger partial charge in [-0.2, -0.15) is 0 Å². The lowest BCUT2D eigenvalue weighted by atomic mass is 10.0. The van der Waals surface area contributed by atoms with Gasteiger partial charge in [0.05, 0.1) is 0 Å². The highest BCUT2D eigenvalue weighted by atomic mass is 16.3. The van der Waals surface area contributed by atoms with E-state index in [-0.39, 0.29) is 12.5 Å². The molecule has 2 unspecified atom stereocenters. The molecule has 2 rings (SSSR count). The van der Waals surface area contributed by atoms with Crippen LogP contribution in [-0.4, -0.2) is 54.8 Å². The maximum atomic E-state index is 9.16. The number of guanidine groups is 1. The van der Waals surface area contributed by atoms with Crippen molar-refractivity contribution in [2.45, 2.75) is 45.7 Å². The smallest absolute Gasteiger partial charge is 0.191 e. The minimum atomic E-state index is 0.179. The fourth-order valence-corrected chi connectivity index (χ4v) is 3.19. The van der Waals surface area contributed by atoms with E-state index in [0.717, 1.165) is 38.4 Å². The molecule has 140 valence electrons. The Morgan fingerprint density at radius 2 is 1.92 bits per heavy atom. The summed E-state index contributed by atoms with van der Waals surface area (Å²) in [4.78, 5) is 7.16. The molecule has 5 heteroatoms. The molecule has 1 aromatic carbocycles. The third kappa shape index (κ3) is 6.33. The van der Waals surface area contributed by atoms with Crippen LogP contribution in [0.4, 0.5) is 0 Å². The average Bonchev–Trinajstić information content (AvgIpc) is 2.66. The summed E-state index contributed by atoms with van der Waals surface area (Å²) in [7, 11) is 0. The van der Waals surface area contributed by atoms with Crippen molar-refractivity contribution >= 4 is 5.96 Å². The number of likely N-dealkylation sites (tertiary alicyclic amines) is 1. The molecule has 3 N–H and O–H groups in total. The van der Waals surface area contributed by atoms with Gasteiger partial charge in [0.1, 0.15) is 0 Å². The number of hydrogen-bond acceptors (Lipinski definition) is 3. The number of rotatable bonds is 7. The summed E-state index contributed by atoms with van der Waals surface area (Å²) in [6, 6.07) is 11.7. The summed E-state index contributed by atoms with van der Waals surface area (Å²) in [6.07, 6.45) is 2.24. The lowest BCUT2D eigenvalue weighted by molar-refractivity contribution is 0.158. The number of aliphatic imine (C=N–C) groups is 1. The van der Waals surface area contributed by atoms with Gasteiger partial charge in [0.15, 0.2) is 5.96 Å². The van der Waals surface area contributed by atoms with Crippen LogP contribution in [0, 0.1) is 5.92 Å². The Labute approximate surface area is 152 Å². The molecule has 1 heterocycles. The molecule has 1 saturated heterocycles. The SMILES string of the molecule is CCNC(=NCC(C)CO)NC1CCN(C(C)c2ccccc2)CC1. The number of aliphatic hydroxyl groups is 1. The Morgan fingerprint density at radius 3 is 2.52 bits per heavy atom. The van der Waals surface area contributed by atoms with Crippen molar-refractivity contribution in [1.82, 2.24) is 15.5 Å². The van der Waals surface area contributed by atoms with Crippen LogP contribution in [0.25, 0.3) is 0 Å². The zero-order chi connectivity index (χ0) is 18.1. The quantitative estimate of drug-likeness (QED) is 0.524. The van der Waals surface area contributed by atoms with E-state index in [9.17, 15) is 0 Å². The first-order chi connectivity index (χ1) is 12.1. The molecule has 1 aliphatic rings. The lowest BCUT2D eigenvalue weighted by Gasteiger charge is -2.37. The largest absolute Gasteiger partial charge is 0.396 e. The second-order valence-corrected chi connectivity index (χ2v) is 7.05. The molecule has 1 aromatic rings. The first kappa shape index (κ1) is 19.7. The van der Waals surface area contributed by atoms with E-state index >= 15 is 0 Å². The molecule has 0 spiro atoms. The Bertz CT molecular complexity index is 512. The maximum Gasteiger partial charge on any atom is 0.191 e. The minimum Gasteiger partial charge on any atom is -0.396 e. The van der Waals surface area contributed by atoms with E-state index < -0.39 is 0 Å². The van der Waals surface area contributed by atoms with Gasteiger partial charge >= 0.3 is 0 Å². The standard InChI is InChI=1S/C20H34N4O/c1-4-21-20(22-14-16(2)15-25)23-19-10-12-24(13-11-19)17(3)18-8-6-5-7-9-18/h5-9,16-17,19,25H,4,10-15H2,1-3H3,(H2,21,22,23). The molecule has 1 fully saturated rings. The summed E-state index contributed by atoms with van der Waals surface area (Å²) in [5.41, 5.74) is 1.39. The van der Waals surface area contributed by atoms with Crippen LogP contribution in [0.5, 0.6) is 0 Å². The Kier molecular flexibility index (Phi) is 8.22. The van der Waals surface area contributed by atoms with Crippen molar-refractivity contribution in [3.63, 3.8) is 0 Å². The number of hydrogen-bond donors (Lipinski definition) is 3. The molecule has 0 saturated carbocycles. The zero-order valence-electron chi connectivity index (χ0n) is 15.9. The fourth-order valence-electron chi connectivity index (χ4n) is 3.19. The average molecular weight is 347 g/mol. The van der Waals surface area contributed by atoms with Crippen LogP contribution in [0.3, 0.4) is 0 Å². The Hall–Kier alpha value is -1.59. The summed E-state index contributed by atoms with van der Waals surface area (Å²) in [5, 5.41) is 16.0. The van der Waals surface area contributed by atoms with Crippen molar-refractivity contribution in [3.05, 3.63) is 35.9 Å². The predicted octanol–water partition coefficient (Wildman–Crippen LogP) is 2.40. The van der Waals surface area contributed by atoms with Gasteiger partial charge in [0.2, 0.25) is 0 Å². The zero-order valence-corrected chi connectivity index (χ0v) is 15.9. The van der Waals surface area contributed by atoms with Crippen molar-refractivity contribution in [1.29, 1.82) is 0 Å². The highest BCUT2D eigenvalue weighted by Crippen LogP contribution is 2.23. The van der Waals surface area contributed by atoms with E-state index in [1.807, 2.05) is 6.92 Å². The monoisotopic (exact) mass is 346 g/mol. The van der Waals surface area contributed by atoms with Gasteiger partial charge in [-0.05, 0) is 38.2 Å². The molecule has 0 amide bonds. The first-order valence-corrected chi connectivity index (χ1v) is 9.58. The van der Waals surface area contributed by atoms with Gasteiger partial charge in [-0.15, -0.1) is 0 Å². The summed E-state index contributed by atoms with van der Waals surface area (Å²) in [6.45, 7) is 10.3. The van der Waals surface area contributed by atoms with Crippen molar-refractivity contribution in [3.8, 4) is 0 Å². The molecule has 1 aliphatic heterocycles. The topological polar surface area (TPSA) is 59.9 Å². The normalized spacial score (nSPS) is 19.4. The number of aliphatic hydroxyl groups excluding tert-OH is 1. The second-order valence-electron chi connectivity index (χ2n) is 7.05. The first-order valence-electron chi connectivity index (χ1n) is 9.58. The Balaban J connectivity index is 1.84. The molecule has 0 radical (unpaired) electrons. The van der Waals surface area contributed by atoms with Gasteiger partial charge in [0, 0.05) is 44.9 Å². The van der Waals surface area contributed by atoms with Crippen LogP contribution < -0.4 is 10.6 Å². The van der Waals surface area contributed by atoms with Crippen molar-refractivity contribution < 1.29 is 5.11 Å². The number of benzene rings is 1. The lowest BCUT2D eigenvalue weighted by Crippen LogP contribution is -2.49. The molecule has 5 nitrogen and oxygen atoms in total. The fraction of sp³-hybridized carbons (Fsp3) is 0.650. The van der Waals surface area contributed by atoms with Gasteiger partial charge < -0.3 is 15.7 Å². The number of nitrogens with one attached hydrogen (secondary N) is 2. The highest BCUT2D eigenvalue weighted by molar-refractivity contribution is 5.80. The van der Waals surface area contributed by atoms with E-state index in [2.05, 4.69) is 64.7 Å². The molecule has 25 heavy (non-hydrogen) atoms.